The second-order valence-corrected chi connectivity index (χ2v) is 10.0. The number of amides is 1. The first-order chi connectivity index (χ1) is 14.7. The molecule has 1 heterocycles. The SMILES string of the molecule is CCN1CCN(C(=O)[C@H](Cc2ccccc2)NS(=O)(=O)c2c(C)cc(C)cc2C)CC1. The van der Waals surface area contributed by atoms with Crippen molar-refractivity contribution in [2.45, 2.75) is 45.1 Å². The first-order valence-electron chi connectivity index (χ1n) is 10.9. The molecular weight excluding hydrogens is 410 g/mol. The van der Waals surface area contributed by atoms with Crippen LogP contribution in [0.3, 0.4) is 0 Å². The van der Waals surface area contributed by atoms with Gasteiger partial charge in [0.25, 0.3) is 0 Å². The Morgan fingerprint density at radius 2 is 1.58 bits per heavy atom. The van der Waals surface area contributed by atoms with E-state index in [1.54, 1.807) is 18.7 Å². The Morgan fingerprint density at radius 3 is 2.13 bits per heavy atom. The molecular formula is C24H33N3O3S. The highest BCUT2D eigenvalue weighted by atomic mass is 32.2. The van der Waals surface area contributed by atoms with Crippen LogP contribution in [0.2, 0.25) is 0 Å². The molecule has 1 aliphatic rings. The Hall–Kier alpha value is -2.22. The largest absolute Gasteiger partial charge is 0.339 e. The summed E-state index contributed by atoms with van der Waals surface area (Å²) in [5.74, 6) is -0.161. The van der Waals surface area contributed by atoms with E-state index in [1.165, 1.54) is 0 Å². The summed E-state index contributed by atoms with van der Waals surface area (Å²) in [5, 5.41) is 0. The van der Waals surface area contributed by atoms with Gasteiger partial charge in [-0.1, -0.05) is 55.0 Å². The number of piperazine rings is 1. The Labute approximate surface area is 186 Å². The number of nitrogens with one attached hydrogen (secondary N) is 1. The number of likely N-dealkylation sites (N-methyl/N-ethyl adjacent to an activating group) is 1. The van der Waals surface area contributed by atoms with E-state index in [0.29, 0.717) is 30.6 Å². The molecule has 168 valence electrons. The van der Waals surface area contributed by atoms with Gasteiger partial charge < -0.3 is 9.80 Å². The first-order valence-corrected chi connectivity index (χ1v) is 12.3. The lowest BCUT2D eigenvalue weighted by Gasteiger charge is -2.36. The molecule has 2 aromatic carbocycles. The van der Waals surface area contributed by atoms with Gasteiger partial charge in [0.1, 0.15) is 6.04 Å². The van der Waals surface area contributed by atoms with E-state index in [0.717, 1.165) is 30.8 Å². The summed E-state index contributed by atoms with van der Waals surface area (Å²) < 4.78 is 29.5. The number of aryl methyl sites for hydroxylation is 3. The zero-order valence-corrected chi connectivity index (χ0v) is 19.7. The van der Waals surface area contributed by atoms with Crippen molar-refractivity contribution >= 4 is 15.9 Å². The third-order valence-electron chi connectivity index (χ3n) is 5.88. The highest BCUT2D eigenvalue weighted by molar-refractivity contribution is 7.89. The molecule has 0 aromatic heterocycles. The highest BCUT2D eigenvalue weighted by Gasteiger charge is 2.32. The second kappa shape index (κ2) is 9.94. The monoisotopic (exact) mass is 443 g/mol. The van der Waals surface area contributed by atoms with Crippen LogP contribution in [0.15, 0.2) is 47.4 Å². The molecule has 0 saturated carbocycles. The van der Waals surface area contributed by atoms with Crippen molar-refractivity contribution in [1.29, 1.82) is 0 Å². The molecule has 0 radical (unpaired) electrons. The molecule has 3 rings (SSSR count). The number of rotatable bonds is 7. The number of sulfonamides is 1. The normalized spacial score (nSPS) is 16.3. The topological polar surface area (TPSA) is 69.7 Å². The molecule has 6 nitrogen and oxygen atoms in total. The quantitative estimate of drug-likeness (QED) is 0.714. The fourth-order valence-corrected chi connectivity index (χ4v) is 6.01. The summed E-state index contributed by atoms with van der Waals surface area (Å²) in [6.07, 6.45) is 0.316. The van der Waals surface area contributed by atoms with Crippen LogP contribution in [0.25, 0.3) is 0 Å². The van der Waals surface area contributed by atoms with Crippen molar-refractivity contribution in [1.82, 2.24) is 14.5 Å². The van der Waals surface area contributed by atoms with Crippen LogP contribution < -0.4 is 4.72 Å². The number of carbonyl (C=O) groups excluding carboxylic acids is 1. The molecule has 0 aliphatic carbocycles. The molecule has 0 bridgehead atoms. The van der Waals surface area contributed by atoms with Crippen molar-refractivity contribution in [2.24, 2.45) is 0 Å². The Kier molecular flexibility index (Phi) is 7.51. The maximum absolute atomic E-state index is 13.4. The van der Waals surface area contributed by atoms with E-state index >= 15 is 0 Å². The summed E-state index contributed by atoms with van der Waals surface area (Å²) in [6.45, 7) is 11.4. The number of carbonyl (C=O) groups is 1. The van der Waals surface area contributed by atoms with E-state index in [-0.39, 0.29) is 10.8 Å². The lowest BCUT2D eigenvalue weighted by Crippen LogP contribution is -2.55. The van der Waals surface area contributed by atoms with Gasteiger partial charge in [-0.3, -0.25) is 4.79 Å². The molecule has 1 amide bonds. The number of hydrogen-bond donors (Lipinski definition) is 1. The van der Waals surface area contributed by atoms with Gasteiger partial charge in [-0.2, -0.15) is 4.72 Å². The third-order valence-corrected chi connectivity index (χ3v) is 7.66. The van der Waals surface area contributed by atoms with E-state index in [2.05, 4.69) is 16.5 Å². The predicted molar refractivity (Wildman–Crippen MR) is 124 cm³/mol. The zero-order valence-electron chi connectivity index (χ0n) is 18.9. The van der Waals surface area contributed by atoms with Gasteiger partial charge in [-0.05, 0) is 50.4 Å². The predicted octanol–water partition coefficient (Wildman–Crippen LogP) is 2.67. The number of hydrogen-bond acceptors (Lipinski definition) is 4. The summed E-state index contributed by atoms with van der Waals surface area (Å²) >= 11 is 0. The fraction of sp³-hybridized carbons (Fsp3) is 0.458. The summed E-state index contributed by atoms with van der Waals surface area (Å²) in [6, 6.07) is 12.4. The van der Waals surface area contributed by atoms with Crippen LogP contribution in [0, 0.1) is 20.8 Å². The number of benzene rings is 2. The minimum absolute atomic E-state index is 0.161. The van der Waals surface area contributed by atoms with Crippen molar-refractivity contribution in [2.75, 3.05) is 32.7 Å². The average molecular weight is 444 g/mol. The van der Waals surface area contributed by atoms with Gasteiger partial charge in [0.15, 0.2) is 0 Å². The summed E-state index contributed by atoms with van der Waals surface area (Å²) in [4.78, 5) is 17.8. The summed E-state index contributed by atoms with van der Waals surface area (Å²) in [7, 11) is -3.86. The Bertz CT molecular complexity index is 991. The molecule has 1 atom stereocenters. The minimum Gasteiger partial charge on any atom is -0.339 e. The maximum atomic E-state index is 13.4. The third kappa shape index (κ3) is 5.73. The number of nitrogens with zero attached hydrogens (tertiary/aromatic N) is 2. The van der Waals surface area contributed by atoms with Gasteiger partial charge in [0.05, 0.1) is 4.90 Å². The fourth-order valence-electron chi connectivity index (χ4n) is 4.37. The zero-order chi connectivity index (χ0) is 22.6. The van der Waals surface area contributed by atoms with Crippen LogP contribution in [-0.2, 0) is 21.2 Å². The van der Waals surface area contributed by atoms with Gasteiger partial charge in [-0.25, -0.2) is 8.42 Å². The molecule has 1 fully saturated rings. The van der Waals surface area contributed by atoms with Crippen LogP contribution >= 0.6 is 0 Å². The maximum Gasteiger partial charge on any atom is 0.241 e. The van der Waals surface area contributed by atoms with Crippen molar-refractivity contribution in [3.8, 4) is 0 Å². The standard InChI is InChI=1S/C24H33N3O3S/c1-5-26-11-13-27(14-12-26)24(28)22(17-21-9-7-6-8-10-21)25-31(29,30)23-19(3)15-18(2)16-20(23)4/h6-10,15-16,22,25H,5,11-14,17H2,1-4H3/t22-/m0/s1. The lowest BCUT2D eigenvalue weighted by molar-refractivity contribution is -0.134. The summed E-state index contributed by atoms with van der Waals surface area (Å²) in [5.41, 5.74) is 3.31. The van der Waals surface area contributed by atoms with Crippen LogP contribution in [-0.4, -0.2) is 62.9 Å². The van der Waals surface area contributed by atoms with E-state index in [4.69, 9.17) is 0 Å². The van der Waals surface area contributed by atoms with E-state index < -0.39 is 16.1 Å². The van der Waals surface area contributed by atoms with Crippen molar-refractivity contribution in [3.05, 3.63) is 64.7 Å². The minimum atomic E-state index is -3.86. The van der Waals surface area contributed by atoms with Crippen LogP contribution in [0.5, 0.6) is 0 Å². The molecule has 7 heteroatoms. The van der Waals surface area contributed by atoms with Gasteiger partial charge >= 0.3 is 0 Å². The Balaban J connectivity index is 1.88. The van der Waals surface area contributed by atoms with Gasteiger partial charge in [0, 0.05) is 26.2 Å². The Morgan fingerprint density at radius 1 is 1.00 bits per heavy atom. The van der Waals surface area contributed by atoms with Gasteiger partial charge in [-0.15, -0.1) is 0 Å². The molecule has 0 unspecified atom stereocenters. The average Bonchev–Trinajstić information content (AvgIpc) is 2.72. The molecule has 31 heavy (non-hydrogen) atoms. The smallest absolute Gasteiger partial charge is 0.241 e. The highest BCUT2D eigenvalue weighted by Crippen LogP contribution is 2.22. The van der Waals surface area contributed by atoms with Gasteiger partial charge in [0.2, 0.25) is 15.9 Å². The molecule has 1 aliphatic heterocycles. The molecule has 0 spiro atoms. The van der Waals surface area contributed by atoms with Crippen LogP contribution in [0.1, 0.15) is 29.2 Å². The second-order valence-electron chi connectivity index (χ2n) is 8.35. The van der Waals surface area contributed by atoms with E-state index in [9.17, 15) is 13.2 Å². The van der Waals surface area contributed by atoms with Crippen LogP contribution in [0.4, 0.5) is 0 Å². The molecule has 2 aromatic rings. The van der Waals surface area contributed by atoms with Crippen molar-refractivity contribution in [3.63, 3.8) is 0 Å². The molecule has 1 saturated heterocycles. The van der Waals surface area contributed by atoms with E-state index in [1.807, 2.05) is 49.4 Å². The molecule has 1 N–H and O–H groups in total. The first kappa shape index (κ1) is 23.4. The van der Waals surface area contributed by atoms with Crippen molar-refractivity contribution < 1.29 is 13.2 Å². The lowest BCUT2D eigenvalue weighted by atomic mass is 10.1.